The van der Waals surface area contributed by atoms with E-state index in [0.717, 1.165) is 11.8 Å². The normalized spacial score (nSPS) is 36.8. The Morgan fingerprint density at radius 2 is 2.33 bits per heavy atom. The van der Waals surface area contributed by atoms with E-state index in [2.05, 4.69) is 16.7 Å². The highest BCUT2D eigenvalue weighted by molar-refractivity contribution is 8.00. The summed E-state index contributed by atoms with van der Waals surface area (Å²) in [6.45, 7) is 3.45. The lowest BCUT2D eigenvalue weighted by atomic mass is 10.0. The lowest BCUT2D eigenvalue weighted by molar-refractivity contribution is 0.0974. The number of thioether (sulfide) groups is 1. The molecule has 0 saturated carbocycles. The van der Waals surface area contributed by atoms with E-state index in [0.29, 0.717) is 6.04 Å². The quantitative estimate of drug-likeness (QED) is 0.710. The fourth-order valence-electron chi connectivity index (χ4n) is 2.05. The Kier molecular flexibility index (Phi) is 2.94. The van der Waals surface area contributed by atoms with Crippen LogP contribution in [-0.4, -0.2) is 41.6 Å². The Morgan fingerprint density at radius 1 is 1.42 bits per heavy atom. The first-order valence-corrected chi connectivity index (χ1v) is 6.01. The van der Waals surface area contributed by atoms with E-state index in [-0.39, 0.29) is 0 Å². The molecule has 0 spiro atoms. The van der Waals surface area contributed by atoms with Crippen LogP contribution in [0.4, 0.5) is 0 Å². The lowest BCUT2D eigenvalue weighted by Gasteiger charge is -2.41. The molecular formula is C9H18N2S. The van der Waals surface area contributed by atoms with Crippen molar-refractivity contribution in [2.45, 2.75) is 30.6 Å². The molecule has 12 heavy (non-hydrogen) atoms. The van der Waals surface area contributed by atoms with Gasteiger partial charge >= 0.3 is 0 Å². The fourth-order valence-corrected chi connectivity index (χ4v) is 3.35. The van der Waals surface area contributed by atoms with Gasteiger partial charge in [0.15, 0.2) is 0 Å². The van der Waals surface area contributed by atoms with Gasteiger partial charge in [-0.05, 0) is 25.0 Å². The Balaban J connectivity index is 1.71. The first-order valence-electron chi connectivity index (χ1n) is 4.96. The van der Waals surface area contributed by atoms with Crippen molar-refractivity contribution < 1.29 is 0 Å². The third-order valence-electron chi connectivity index (χ3n) is 3.00. The Bertz CT molecular complexity index is 143. The maximum atomic E-state index is 5.65. The Morgan fingerprint density at radius 3 is 2.83 bits per heavy atom. The van der Waals surface area contributed by atoms with Gasteiger partial charge in [0.1, 0.15) is 0 Å². The second-order valence-corrected chi connectivity index (χ2v) is 5.22. The largest absolute Gasteiger partial charge is 0.329 e. The van der Waals surface area contributed by atoms with Crippen molar-refractivity contribution in [2.75, 3.05) is 25.4 Å². The zero-order valence-corrected chi connectivity index (χ0v) is 8.35. The molecular weight excluding hydrogens is 168 g/mol. The van der Waals surface area contributed by atoms with Crippen molar-refractivity contribution in [3.63, 3.8) is 0 Å². The van der Waals surface area contributed by atoms with Crippen LogP contribution in [-0.2, 0) is 0 Å². The van der Waals surface area contributed by atoms with Gasteiger partial charge in [0.2, 0.25) is 0 Å². The van der Waals surface area contributed by atoms with Gasteiger partial charge in [0, 0.05) is 30.9 Å². The number of nitrogens with two attached hydrogens (primary N) is 1. The van der Waals surface area contributed by atoms with Gasteiger partial charge < -0.3 is 5.73 Å². The van der Waals surface area contributed by atoms with Gasteiger partial charge in [-0.3, -0.25) is 4.90 Å². The number of nitrogens with zero attached hydrogens (tertiary/aromatic N) is 1. The van der Waals surface area contributed by atoms with Crippen molar-refractivity contribution in [1.82, 2.24) is 4.90 Å². The average Bonchev–Trinajstić information content (AvgIpc) is 2.51. The minimum Gasteiger partial charge on any atom is -0.329 e. The molecule has 2 atom stereocenters. The molecule has 0 radical (unpaired) electrons. The third-order valence-corrected chi connectivity index (χ3v) is 4.38. The number of likely N-dealkylation sites (tertiary alicyclic amines) is 1. The van der Waals surface area contributed by atoms with E-state index < -0.39 is 0 Å². The monoisotopic (exact) mass is 186 g/mol. The molecule has 2 rings (SSSR count). The van der Waals surface area contributed by atoms with E-state index in [1.54, 1.807) is 0 Å². The van der Waals surface area contributed by atoms with E-state index in [1.165, 1.54) is 38.1 Å². The fraction of sp³-hybridized carbons (Fsp3) is 1.00. The molecule has 2 saturated heterocycles. The predicted octanol–water partition coefficient (Wildman–Crippen LogP) is 0.915. The Labute approximate surface area is 78.9 Å². The smallest absolute Gasteiger partial charge is 0.0231 e. The summed E-state index contributed by atoms with van der Waals surface area (Å²) >= 11 is 2.15. The van der Waals surface area contributed by atoms with Gasteiger partial charge in [-0.1, -0.05) is 0 Å². The molecule has 2 N–H and O–H groups in total. The van der Waals surface area contributed by atoms with Crippen LogP contribution in [0, 0.1) is 0 Å². The van der Waals surface area contributed by atoms with E-state index in [4.69, 9.17) is 5.73 Å². The molecule has 3 heteroatoms. The van der Waals surface area contributed by atoms with Crippen LogP contribution in [0.1, 0.15) is 19.3 Å². The second-order valence-electron chi connectivity index (χ2n) is 3.81. The summed E-state index contributed by atoms with van der Waals surface area (Å²) in [5.41, 5.74) is 5.65. The molecule has 2 aliphatic heterocycles. The minimum absolute atomic E-state index is 0.714. The zero-order valence-electron chi connectivity index (χ0n) is 7.54. The zero-order chi connectivity index (χ0) is 8.39. The van der Waals surface area contributed by atoms with Crippen molar-refractivity contribution in [2.24, 2.45) is 5.73 Å². The van der Waals surface area contributed by atoms with E-state index in [1.807, 2.05) is 0 Å². The van der Waals surface area contributed by atoms with E-state index in [9.17, 15) is 0 Å². The highest BCUT2D eigenvalue weighted by Gasteiger charge is 2.29. The lowest BCUT2D eigenvalue weighted by Crippen LogP contribution is -2.53. The van der Waals surface area contributed by atoms with Crippen LogP contribution in [0.15, 0.2) is 0 Å². The Hall–Kier alpha value is 0.270. The molecule has 0 bridgehead atoms. The van der Waals surface area contributed by atoms with Gasteiger partial charge in [0.25, 0.3) is 0 Å². The van der Waals surface area contributed by atoms with Crippen molar-refractivity contribution in [3.05, 3.63) is 0 Å². The SMILES string of the molecule is NCC1CCN1CC1CCCS1. The minimum atomic E-state index is 0.714. The molecule has 0 aromatic heterocycles. The summed E-state index contributed by atoms with van der Waals surface area (Å²) < 4.78 is 0. The maximum absolute atomic E-state index is 5.65. The number of hydrogen-bond donors (Lipinski definition) is 1. The highest BCUT2D eigenvalue weighted by Crippen LogP contribution is 2.29. The first kappa shape index (κ1) is 8.85. The second kappa shape index (κ2) is 3.99. The molecule has 2 nitrogen and oxygen atoms in total. The average molecular weight is 186 g/mol. The molecule has 0 aromatic rings. The summed E-state index contributed by atoms with van der Waals surface area (Å²) in [5, 5.41) is 0.916. The summed E-state index contributed by atoms with van der Waals surface area (Å²) in [4.78, 5) is 2.56. The standard InChI is InChI=1S/C9H18N2S/c10-6-8-3-4-11(8)7-9-2-1-5-12-9/h8-9H,1-7,10H2. The molecule has 2 heterocycles. The molecule has 70 valence electrons. The molecule has 0 aliphatic carbocycles. The van der Waals surface area contributed by atoms with Crippen molar-refractivity contribution in [1.29, 1.82) is 0 Å². The third kappa shape index (κ3) is 1.78. The summed E-state index contributed by atoms with van der Waals surface area (Å²) in [7, 11) is 0. The first-order chi connectivity index (χ1) is 5.90. The van der Waals surface area contributed by atoms with Gasteiger partial charge in [-0.25, -0.2) is 0 Å². The molecule has 2 unspecified atom stereocenters. The molecule has 2 aliphatic rings. The van der Waals surface area contributed by atoms with Crippen LogP contribution < -0.4 is 5.73 Å². The summed E-state index contributed by atoms with van der Waals surface area (Å²) in [6.07, 6.45) is 4.18. The van der Waals surface area contributed by atoms with Crippen LogP contribution in [0.3, 0.4) is 0 Å². The maximum Gasteiger partial charge on any atom is 0.0231 e. The van der Waals surface area contributed by atoms with E-state index >= 15 is 0 Å². The van der Waals surface area contributed by atoms with Crippen LogP contribution >= 0.6 is 11.8 Å². The van der Waals surface area contributed by atoms with Crippen LogP contribution in [0.5, 0.6) is 0 Å². The van der Waals surface area contributed by atoms with Gasteiger partial charge in [0.05, 0.1) is 0 Å². The molecule has 2 fully saturated rings. The van der Waals surface area contributed by atoms with Gasteiger partial charge in [-0.2, -0.15) is 11.8 Å². The van der Waals surface area contributed by atoms with Gasteiger partial charge in [-0.15, -0.1) is 0 Å². The summed E-state index contributed by atoms with van der Waals surface area (Å²) in [5.74, 6) is 1.38. The molecule has 0 aromatic carbocycles. The topological polar surface area (TPSA) is 29.3 Å². The summed E-state index contributed by atoms with van der Waals surface area (Å²) in [6, 6.07) is 0.714. The van der Waals surface area contributed by atoms with Crippen LogP contribution in [0.25, 0.3) is 0 Å². The number of hydrogen-bond acceptors (Lipinski definition) is 3. The predicted molar refractivity (Wildman–Crippen MR) is 54.5 cm³/mol. The molecule has 0 amide bonds. The number of rotatable bonds is 3. The highest BCUT2D eigenvalue weighted by atomic mass is 32.2. The van der Waals surface area contributed by atoms with Crippen molar-refractivity contribution >= 4 is 11.8 Å². The van der Waals surface area contributed by atoms with Crippen LogP contribution in [0.2, 0.25) is 0 Å². The van der Waals surface area contributed by atoms with Crippen molar-refractivity contribution in [3.8, 4) is 0 Å².